The van der Waals surface area contributed by atoms with Gasteiger partial charge in [-0.3, -0.25) is 4.79 Å². The van der Waals surface area contributed by atoms with Crippen molar-refractivity contribution >= 4 is 0 Å². The lowest BCUT2D eigenvalue weighted by Gasteiger charge is -2.10. The summed E-state index contributed by atoms with van der Waals surface area (Å²) in [6.45, 7) is 4.19. The maximum absolute atomic E-state index is 12.4. The number of aromatic nitrogens is 4. The number of nitrogens with zero attached hydrogens (tertiary/aromatic N) is 5. The zero-order chi connectivity index (χ0) is 22.5. The van der Waals surface area contributed by atoms with E-state index in [1.54, 1.807) is 36.7 Å². The summed E-state index contributed by atoms with van der Waals surface area (Å²) in [6, 6.07) is 20.1. The van der Waals surface area contributed by atoms with E-state index < -0.39 is 0 Å². The van der Waals surface area contributed by atoms with Gasteiger partial charge in [0.2, 0.25) is 0 Å². The molecule has 158 valence electrons. The Labute approximate surface area is 185 Å². The van der Waals surface area contributed by atoms with E-state index in [2.05, 4.69) is 21.1 Å². The van der Waals surface area contributed by atoms with E-state index in [1.807, 2.05) is 44.2 Å². The van der Waals surface area contributed by atoms with Gasteiger partial charge in [0.05, 0.1) is 42.4 Å². The lowest BCUT2D eigenvalue weighted by Crippen LogP contribution is -2.22. The molecule has 0 aliphatic rings. The average Bonchev–Trinajstić information content (AvgIpc) is 2.81. The minimum absolute atomic E-state index is 0.0525. The van der Waals surface area contributed by atoms with Gasteiger partial charge in [0, 0.05) is 17.2 Å². The molecule has 2 heterocycles. The second-order valence-electron chi connectivity index (χ2n) is 7.52. The summed E-state index contributed by atoms with van der Waals surface area (Å²) in [6.07, 6.45) is 3.36. The number of hydrogen-bond donors (Lipinski definition) is 0. The summed E-state index contributed by atoms with van der Waals surface area (Å²) >= 11 is 0. The van der Waals surface area contributed by atoms with Crippen LogP contribution in [0.3, 0.4) is 0 Å². The lowest BCUT2D eigenvalue weighted by molar-refractivity contribution is 0.240. The normalized spacial score (nSPS) is 10.7. The molecule has 32 heavy (non-hydrogen) atoms. The maximum Gasteiger partial charge on any atom is 0.267 e. The first kappa shape index (κ1) is 20.9. The molecule has 0 bridgehead atoms. The molecule has 7 nitrogen and oxygen atoms in total. The summed E-state index contributed by atoms with van der Waals surface area (Å²) in [5.41, 5.74) is 3.47. The van der Waals surface area contributed by atoms with Crippen LogP contribution in [-0.2, 0) is 6.54 Å². The van der Waals surface area contributed by atoms with Crippen LogP contribution in [-0.4, -0.2) is 25.9 Å². The second kappa shape index (κ2) is 9.23. The van der Waals surface area contributed by atoms with Crippen LogP contribution in [0.4, 0.5) is 0 Å². The molecule has 0 unspecified atom stereocenters. The second-order valence-corrected chi connectivity index (χ2v) is 7.52. The summed E-state index contributed by atoms with van der Waals surface area (Å²) in [5.74, 6) is 1.19. The fourth-order valence-electron chi connectivity index (χ4n) is 3.24. The molecule has 0 saturated heterocycles. The number of rotatable bonds is 6. The van der Waals surface area contributed by atoms with Crippen molar-refractivity contribution in [1.29, 1.82) is 5.26 Å². The molecule has 2 aromatic heterocycles. The van der Waals surface area contributed by atoms with Gasteiger partial charge < -0.3 is 4.74 Å². The Morgan fingerprint density at radius 2 is 1.75 bits per heavy atom. The minimum atomic E-state index is -0.206. The van der Waals surface area contributed by atoms with E-state index in [0.29, 0.717) is 29.4 Å². The molecule has 4 aromatic rings. The third-order valence-corrected chi connectivity index (χ3v) is 4.67. The van der Waals surface area contributed by atoms with Gasteiger partial charge in [-0.15, -0.1) is 0 Å². The van der Waals surface area contributed by atoms with E-state index in [-0.39, 0.29) is 11.7 Å². The molecule has 4 rings (SSSR count). The average molecular weight is 423 g/mol. The van der Waals surface area contributed by atoms with E-state index in [4.69, 9.17) is 10.00 Å². The van der Waals surface area contributed by atoms with Crippen molar-refractivity contribution in [2.45, 2.75) is 26.5 Å². The molecule has 0 aliphatic carbocycles. The van der Waals surface area contributed by atoms with Gasteiger partial charge >= 0.3 is 0 Å². The highest BCUT2D eigenvalue weighted by molar-refractivity contribution is 5.60. The Morgan fingerprint density at radius 1 is 1.00 bits per heavy atom. The number of nitriles is 1. The smallest absolute Gasteiger partial charge is 0.267 e. The van der Waals surface area contributed by atoms with Gasteiger partial charge in [0.1, 0.15) is 0 Å². The summed E-state index contributed by atoms with van der Waals surface area (Å²) in [7, 11) is 0. The van der Waals surface area contributed by atoms with Crippen molar-refractivity contribution in [3.63, 3.8) is 0 Å². The molecule has 0 amide bonds. The van der Waals surface area contributed by atoms with Crippen LogP contribution < -0.4 is 10.3 Å². The monoisotopic (exact) mass is 423 g/mol. The number of benzene rings is 2. The van der Waals surface area contributed by atoms with Crippen molar-refractivity contribution in [2.75, 3.05) is 0 Å². The summed E-state index contributed by atoms with van der Waals surface area (Å²) in [5, 5.41) is 13.6. The highest BCUT2D eigenvalue weighted by Crippen LogP contribution is 2.20. The summed E-state index contributed by atoms with van der Waals surface area (Å²) in [4.78, 5) is 21.2. The SMILES string of the molecule is CC(C)Oc1cnc(-c2cccc(Cn3nc(-c4cccc(C#N)c4)ccc3=O)c2)nc1. The topological polar surface area (TPSA) is 93.7 Å². The maximum atomic E-state index is 12.4. The molecule has 0 aliphatic heterocycles. The standard InChI is InChI=1S/C25H21N5O2/c1-17(2)32-22-14-27-25(28-15-22)21-8-4-6-19(12-21)16-30-24(31)10-9-23(29-30)20-7-3-5-18(11-20)13-26/h3-12,14-15,17H,16H2,1-2H3. The molecule has 0 N–H and O–H groups in total. The van der Waals surface area contributed by atoms with Crippen molar-refractivity contribution in [2.24, 2.45) is 0 Å². The zero-order valence-electron chi connectivity index (χ0n) is 17.8. The van der Waals surface area contributed by atoms with Crippen molar-refractivity contribution in [3.8, 4) is 34.5 Å². The molecule has 0 fully saturated rings. The van der Waals surface area contributed by atoms with Crippen LogP contribution in [0.25, 0.3) is 22.6 Å². The third-order valence-electron chi connectivity index (χ3n) is 4.67. The zero-order valence-corrected chi connectivity index (χ0v) is 17.8. The number of hydrogen-bond acceptors (Lipinski definition) is 6. The van der Waals surface area contributed by atoms with E-state index in [0.717, 1.165) is 16.7 Å². The fraction of sp³-hybridized carbons (Fsp3) is 0.160. The Morgan fingerprint density at radius 3 is 2.50 bits per heavy atom. The van der Waals surface area contributed by atoms with Crippen LogP contribution >= 0.6 is 0 Å². The predicted octanol–water partition coefficient (Wildman–Crippen LogP) is 4.07. The highest BCUT2D eigenvalue weighted by Gasteiger charge is 2.08. The Bertz CT molecular complexity index is 1340. The first-order chi connectivity index (χ1) is 15.5. The fourth-order valence-corrected chi connectivity index (χ4v) is 3.24. The molecular formula is C25H21N5O2. The van der Waals surface area contributed by atoms with Crippen LogP contribution in [0, 0.1) is 11.3 Å². The third kappa shape index (κ3) is 4.87. The van der Waals surface area contributed by atoms with Gasteiger partial charge in [0.15, 0.2) is 11.6 Å². The van der Waals surface area contributed by atoms with Gasteiger partial charge in [-0.25, -0.2) is 14.6 Å². The Balaban J connectivity index is 1.60. The van der Waals surface area contributed by atoms with E-state index >= 15 is 0 Å². The predicted molar refractivity (Wildman–Crippen MR) is 121 cm³/mol. The van der Waals surface area contributed by atoms with Crippen molar-refractivity contribution in [3.05, 3.63) is 94.5 Å². The van der Waals surface area contributed by atoms with E-state index in [9.17, 15) is 4.79 Å². The van der Waals surface area contributed by atoms with Crippen LogP contribution in [0.5, 0.6) is 5.75 Å². The first-order valence-electron chi connectivity index (χ1n) is 10.2. The Hall–Kier alpha value is -4.31. The van der Waals surface area contributed by atoms with Gasteiger partial charge in [0.25, 0.3) is 5.56 Å². The van der Waals surface area contributed by atoms with Crippen LogP contribution in [0.15, 0.2) is 77.9 Å². The van der Waals surface area contributed by atoms with Gasteiger partial charge in [-0.2, -0.15) is 10.4 Å². The van der Waals surface area contributed by atoms with Crippen molar-refractivity contribution in [1.82, 2.24) is 19.7 Å². The molecule has 0 radical (unpaired) electrons. The molecule has 0 spiro atoms. The van der Waals surface area contributed by atoms with Crippen molar-refractivity contribution < 1.29 is 4.74 Å². The Kier molecular flexibility index (Phi) is 6.04. The molecule has 0 atom stereocenters. The van der Waals surface area contributed by atoms with E-state index in [1.165, 1.54) is 10.7 Å². The van der Waals surface area contributed by atoms with Crippen LogP contribution in [0.2, 0.25) is 0 Å². The highest BCUT2D eigenvalue weighted by atomic mass is 16.5. The first-order valence-corrected chi connectivity index (χ1v) is 10.2. The quantitative estimate of drug-likeness (QED) is 0.464. The summed E-state index contributed by atoms with van der Waals surface area (Å²) < 4.78 is 7.00. The molecule has 7 heteroatoms. The molecular weight excluding hydrogens is 402 g/mol. The van der Waals surface area contributed by atoms with Crippen LogP contribution in [0.1, 0.15) is 25.0 Å². The van der Waals surface area contributed by atoms with Gasteiger partial charge in [-0.05, 0) is 43.7 Å². The van der Waals surface area contributed by atoms with Gasteiger partial charge in [-0.1, -0.05) is 30.3 Å². The molecule has 0 saturated carbocycles. The largest absolute Gasteiger partial charge is 0.488 e. The number of ether oxygens (including phenoxy) is 1. The lowest BCUT2D eigenvalue weighted by atomic mass is 10.1. The minimum Gasteiger partial charge on any atom is -0.488 e. The molecule has 2 aromatic carbocycles.